The van der Waals surface area contributed by atoms with Gasteiger partial charge in [0, 0.05) is 24.3 Å². The van der Waals surface area contributed by atoms with Gasteiger partial charge in [-0.1, -0.05) is 20.8 Å². The van der Waals surface area contributed by atoms with Gasteiger partial charge in [0.25, 0.3) is 5.91 Å². The van der Waals surface area contributed by atoms with Crippen molar-refractivity contribution in [3.8, 4) is 5.75 Å². The summed E-state index contributed by atoms with van der Waals surface area (Å²) < 4.78 is 43.6. The van der Waals surface area contributed by atoms with E-state index in [0.29, 0.717) is 28.6 Å². The number of amides is 1. The number of nitrogens with zero attached hydrogens (tertiary/aromatic N) is 2. The summed E-state index contributed by atoms with van der Waals surface area (Å²) in [6.45, 7) is 6.79. The first-order chi connectivity index (χ1) is 15.9. The number of ether oxygens (including phenoxy) is 1. The highest BCUT2D eigenvalue weighted by Crippen LogP contribution is 2.46. The number of imidazole rings is 1. The van der Waals surface area contributed by atoms with Crippen LogP contribution in [-0.2, 0) is 0 Å². The standard InChI is InChI=1S/C25H29F3N4O2/c1-15-11-18(14-24(2,3)13-15)32-21-10-5-16(22(33)29-4)12-20(21)31-23(32)30-17-6-8-19(9-7-17)34-25(26,27)28/h5-10,12,15,18H,11,13-14H2,1-4H3,(H,29,33)(H,30,31)/t15-,18-/m1/s1. The topological polar surface area (TPSA) is 68.2 Å². The molecule has 34 heavy (non-hydrogen) atoms. The van der Waals surface area contributed by atoms with E-state index in [9.17, 15) is 18.0 Å². The van der Waals surface area contributed by atoms with Crippen molar-refractivity contribution in [2.75, 3.05) is 12.4 Å². The van der Waals surface area contributed by atoms with Crippen LogP contribution in [0.4, 0.5) is 24.8 Å². The number of benzene rings is 2. The van der Waals surface area contributed by atoms with Gasteiger partial charge in [0.2, 0.25) is 5.95 Å². The molecule has 2 aromatic carbocycles. The summed E-state index contributed by atoms with van der Waals surface area (Å²) in [6, 6.07) is 11.2. The van der Waals surface area contributed by atoms with Crippen LogP contribution in [0, 0.1) is 11.3 Å². The van der Waals surface area contributed by atoms with E-state index in [2.05, 4.69) is 40.7 Å². The van der Waals surface area contributed by atoms with E-state index < -0.39 is 6.36 Å². The number of anilines is 2. The Kier molecular flexibility index (Phi) is 6.22. The molecule has 1 aliphatic carbocycles. The van der Waals surface area contributed by atoms with Crippen molar-refractivity contribution in [3.05, 3.63) is 48.0 Å². The molecule has 1 aromatic heterocycles. The number of rotatable bonds is 5. The lowest BCUT2D eigenvalue weighted by Gasteiger charge is -2.40. The van der Waals surface area contributed by atoms with Gasteiger partial charge in [-0.05, 0) is 73.1 Å². The van der Waals surface area contributed by atoms with Gasteiger partial charge in [0.15, 0.2) is 0 Å². The Balaban J connectivity index is 1.73. The normalized spacial score (nSPS) is 20.2. The van der Waals surface area contributed by atoms with E-state index >= 15 is 0 Å². The first-order valence-corrected chi connectivity index (χ1v) is 11.3. The molecule has 2 N–H and O–H groups in total. The monoisotopic (exact) mass is 474 g/mol. The number of aromatic nitrogens is 2. The fraction of sp³-hybridized carbons (Fsp3) is 0.440. The molecule has 1 fully saturated rings. The molecule has 0 radical (unpaired) electrons. The quantitative estimate of drug-likeness (QED) is 0.447. The summed E-state index contributed by atoms with van der Waals surface area (Å²) in [5, 5.41) is 5.90. The van der Waals surface area contributed by atoms with Crippen molar-refractivity contribution in [2.24, 2.45) is 11.3 Å². The van der Waals surface area contributed by atoms with Crippen molar-refractivity contribution in [2.45, 2.75) is 52.4 Å². The summed E-state index contributed by atoms with van der Waals surface area (Å²) in [4.78, 5) is 16.9. The Morgan fingerprint density at radius 3 is 2.47 bits per heavy atom. The number of alkyl halides is 3. The highest BCUT2D eigenvalue weighted by atomic mass is 19.4. The second-order valence-corrected chi connectivity index (χ2v) is 9.85. The van der Waals surface area contributed by atoms with Crippen molar-refractivity contribution in [1.29, 1.82) is 0 Å². The molecule has 2 atom stereocenters. The molecule has 0 unspecified atom stereocenters. The minimum absolute atomic E-state index is 0.162. The lowest BCUT2D eigenvalue weighted by molar-refractivity contribution is -0.274. The summed E-state index contributed by atoms with van der Waals surface area (Å²) in [5.41, 5.74) is 2.84. The maximum absolute atomic E-state index is 12.5. The van der Waals surface area contributed by atoms with Gasteiger partial charge >= 0.3 is 6.36 Å². The van der Waals surface area contributed by atoms with E-state index in [0.717, 1.165) is 24.8 Å². The highest BCUT2D eigenvalue weighted by Gasteiger charge is 2.35. The number of carbonyl (C=O) groups is 1. The maximum atomic E-state index is 12.5. The molecule has 1 amide bonds. The zero-order chi connectivity index (χ0) is 24.7. The molecular weight excluding hydrogens is 445 g/mol. The molecule has 9 heteroatoms. The van der Waals surface area contributed by atoms with Crippen molar-refractivity contribution in [3.63, 3.8) is 0 Å². The molecule has 1 heterocycles. The van der Waals surface area contributed by atoms with Crippen LogP contribution in [0.1, 0.15) is 56.4 Å². The summed E-state index contributed by atoms with van der Waals surface area (Å²) in [7, 11) is 1.58. The number of carbonyl (C=O) groups excluding carboxylic acids is 1. The number of halogens is 3. The number of fused-ring (bicyclic) bond motifs is 1. The van der Waals surface area contributed by atoms with Gasteiger partial charge in [-0.2, -0.15) is 0 Å². The van der Waals surface area contributed by atoms with Crippen LogP contribution in [0.15, 0.2) is 42.5 Å². The van der Waals surface area contributed by atoms with E-state index in [1.165, 1.54) is 24.3 Å². The first kappa shape index (κ1) is 23.9. The molecule has 3 aromatic rings. The number of hydrogen-bond donors (Lipinski definition) is 2. The zero-order valence-electron chi connectivity index (χ0n) is 19.7. The minimum atomic E-state index is -4.74. The molecule has 1 saturated carbocycles. The molecule has 6 nitrogen and oxygen atoms in total. The molecule has 0 spiro atoms. The van der Waals surface area contributed by atoms with E-state index in [4.69, 9.17) is 4.98 Å². The van der Waals surface area contributed by atoms with Crippen molar-refractivity contribution < 1.29 is 22.7 Å². The van der Waals surface area contributed by atoms with Gasteiger partial charge in [-0.3, -0.25) is 4.79 Å². The van der Waals surface area contributed by atoms with Crippen molar-refractivity contribution >= 4 is 28.6 Å². The summed E-state index contributed by atoms with van der Waals surface area (Å²) in [6.07, 6.45) is -1.65. The van der Waals surface area contributed by atoms with Crippen LogP contribution in [0.2, 0.25) is 0 Å². The first-order valence-electron chi connectivity index (χ1n) is 11.3. The highest BCUT2D eigenvalue weighted by molar-refractivity contribution is 5.97. The summed E-state index contributed by atoms with van der Waals surface area (Å²) in [5.74, 6) is 0.634. The Morgan fingerprint density at radius 1 is 1.15 bits per heavy atom. The molecule has 1 aliphatic rings. The predicted molar refractivity (Wildman–Crippen MR) is 125 cm³/mol. The molecule has 0 saturated heterocycles. The van der Waals surface area contributed by atoms with Crippen LogP contribution in [0.25, 0.3) is 11.0 Å². The van der Waals surface area contributed by atoms with Gasteiger partial charge in [-0.25, -0.2) is 4.98 Å². The van der Waals surface area contributed by atoms with Gasteiger partial charge in [0.05, 0.1) is 11.0 Å². The Morgan fingerprint density at radius 2 is 1.85 bits per heavy atom. The summed E-state index contributed by atoms with van der Waals surface area (Å²) >= 11 is 0. The maximum Gasteiger partial charge on any atom is 0.573 e. The molecule has 182 valence electrons. The minimum Gasteiger partial charge on any atom is -0.406 e. The van der Waals surface area contributed by atoms with Crippen LogP contribution in [-0.4, -0.2) is 28.9 Å². The Bertz CT molecular complexity index is 1190. The second kappa shape index (κ2) is 8.85. The third kappa shape index (κ3) is 5.29. The Hall–Kier alpha value is -3.23. The van der Waals surface area contributed by atoms with E-state index in [1.54, 1.807) is 19.2 Å². The number of nitrogens with one attached hydrogen (secondary N) is 2. The fourth-order valence-corrected chi connectivity index (χ4v) is 5.20. The van der Waals surface area contributed by atoms with Gasteiger partial charge < -0.3 is 19.9 Å². The van der Waals surface area contributed by atoms with Crippen LogP contribution < -0.4 is 15.4 Å². The lowest BCUT2D eigenvalue weighted by atomic mass is 9.70. The molecular formula is C25H29F3N4O2. The van der Waals surface area contributed by atoms with Crippen LogP contribution in [0.5, 0.6) is 5.75 Å². The predicted octanol–water partition coefficient (Wildman–Crippen LogP) is 6.43. The molecule has 0 aliphatic heterocycles. The smallest absolute Gasteiger partial charge is 0.406 e. The Labute approximate surface area is 196 Å². The average molecular weight is 475 g/mol. The average Bonchev–Trinajstić information content (AvgIpc) is 3.09. The van der Waals surface area contributed by atoms with E-state index in [1.807, 2.05) is 6.07 Å². The van der Waals surface area contributed by atoms with Crippen LogP contribution >= 0.6 is 0 Å². The fourth-order valence-electron chi connectivity index (χ4n) is 5.20. The molecule has 0 bridgehead atoms. The second-order valence-electron chi connectivity index (χ2n) is 9.85. The van der Waals surface area contributed by atoms with Crippen molar-refractivity contribution in [1.82, 2.24) is 14.9 Å². The largest absolute Gasteiger partial charge is 0.573 e. The number of hydrogen-bond acceptors (Lipinski definition) is 4. The zero-order valence-corrected chi connectivity index (χ0v) is 19.7. The van der Waals surface area contributed by atoms with E-state index in [-0.39, 0.29) is 23.1 Å². The van der Waals surface area contributed by atoms with Gasteiger partial charge in [-0.15, -0.1) is 13.2 Å². The lowest BCUT2D eigenvalue weighted by Crippen LogP contribution is -2.29. The SMILES string of the molecule is CNC(=O)c1ccc2c(c1)nc(Nc1ccc(OC(F)(F)F)cc1)n2[C@@H]1C[C@@H](C)CC(C)(C)C1. The van der Waals surface area contributed by atoms with Crippen LogP contribution in [0.3, 0.4) is 0 Å². The third-order valence-electron chi connectivity index (χ3n) is 6.25. The third-order valence-corrected chi connectivity index (χ3v) is 6.25. The molecule has 4 rings (SSSR count). The van der Waals surface area contributed by atoms with Gasteiger partial charge in [0.1, 0.15) is 5.75 Å².